The number of carboxylic acids is 1. The Morgan fingerprint density at radius 2 is 2.00 bits per heavy atom. The number of amides is 1. The van der Waals surface area contributed by atoms with Gasteiger partial charge in [0.05, 0.1) is 15.6 Å². The third-order valence-electron chi connectivity index (χ3n) is 6.91. The molecule has 7 nitrogen and oxygen atoms in total. The minimum Gasteiger partial charge on any atom is -0.480 e. The Morgan fingerprint density at radius 3 is 2.75 bits per heavy atom. The normalized spacial score (nSPS) is 20.8. The van der Waals surface area contributed by atoms with Gasteiger partial charge in [-0.3, -0.25) is 4.79 Å². The minimum absolute atomic E-state index is 0.0406. The second-order valence-corrected chi connectivity index (χ2v) is 10.4. The van der Waals surface area contributed by atoms with Gasteiger partial charge in [0.1, 0.15) is 17.5 Å². The molecule has 10 heteroatoms. The van der Waals surface area contributed by atoms with E-state index in [4.69, 9.17) is 23.2 Å². The van der Waals surface area contributed by atoms with Gasteiger partial charge in [-0.1, -0.05) is 35.3 Å². The topological polar surface area (TPSA) is 94.6 Å². The van der Waals surface area contributed by atoms with Crippen LogP contribution in [-0.4, -0.2) is 64.8 Å². The van der Waals surface area contributed by atoms with Crippen LogP contribution in [0.25, 0.3) is 0 Å². The number of hydrogen-bond acceptors (Lipinski definition) is 5. The predicted octanol–water partition coefficient (Wildman–Crippen LogP) is 4.76. The van der Waals surface area contributed by atoms with Crippen LogP contribution in [0.1, 0.15) is 53.7 Å². The largest absolute Gasteiger partial charge is 0.480 e. The van der Waals surface area contributed by atoms with E-state index in [0.29, 0.717) is 38.8 Å². The lowest BCUT2D eigenvalue weighted by atomic mass is 9.89. The zero-order chi connectivity index (χ0) is 25.7. The van der Waals surface area contributed by atoms with Gasteiger partial charge in [0.15, 0.2) is 0 Å². The zero-order valence-electron chi connectivity index (χ0n) is 20.0. The third-order valence-corrected chi connectivity index (χ3v) is 7.54. The number of pyridine rings is 1. The van der Waals surface area contributed by atoms with Crippen LogP contribution in [0, 0.1) is 0 Å². The molecule has 1 fully saturated rings. The molecular weight excluding hydrogens is 506 g/mol. The first-order valence-electron chi connectivity index (χ1n) is 12.4. The number of piperidine rings is 1. The Hall–Kier alpha value is -2.42. The summed E-state index contributed by atoms with van der Waals surface area (Å²) in [5, 5.41) is 15.8. The van der Waals surface area contributed by atoms with Crippen molar-refractivity contribution in [2.45, 2.75) is 56.7 Å². The molecule has 3 N–H and O–H groups in total. The molecule has 2 aliphatic heterocycles. The van der Waals surface area contributed by atoms with Gasteiger partial charge in [-0.2, -0.15) is 0 Å². The first-order valence-corrected chi connectivity index (χ1v) is 13.1. The van der Waals surface area contributed by atoms with Crippen molar-refractivity contribution in [1.29, 1.82) is 0 Å². The number of carboxylic acid groups (broad SMARTS) is 1. The monoisotopic (exact) mass is 536 g/mol. The van der Waals surface area contributed by atoms with Gasteiger partial charge in [-0.15, -0.1) is 0 Å². The maximum Gasteiger partial charge on any atom is 0.326 e. The highest BCUT2D eigenvalue weighted by Gasteiger charge is 2.36. The number of nitrogens with one attached hydrogen (secondary N) is 2. The van der Waals surface area contributed by atoms with Gasteiger partial charge >= 0.3 is 5.97 Å². The van der Waals surface area contributed by atoms with E-state index >= 15 is 4.39 Å². The van der Waals surface area contributed by atoms with Gasteiger partial charge < -0.3 is 20.6 Å². The molecule has 0 spiro atoms. The number of hydrogen-bond donors (Lipinski definition) is 3. The first kappa shape index (κ1) is 26.6. The van der Waals surface area contributed by atoms with Crippen molar-refractivity contribution in [3.8, 4) is 0 Å². The summed E-state index contributed by atoms with van der Waals surface area (Å²) in [5.41, 5.74) is 0.764. The highest BCUT2D eigenvalue weighted by Crippen LogP contribution is 2.31. The van der Waals surface area contributed by atoms with Crippen LogP contribution >= 0.6 is 23.2 Å². The molecule has 0 saturated carbocycles. The number of anilines is 1. The van der Waals surface area contributed by atoms with E-state index in [0.717, 1.165) is 30.9 Å². The number of benzene rings is 1. The highest BCUT2D eigenvalue weighted by molar-refractivity contribution is 6.39. The summed E-state index contributed by atoms with van der Waals surface area (Å²) < 4.78 is 15.8. The van der Waals surface area contributed by atoms with Crippen LogP contribution in [0.15, 0.2) is 30.3 Å². The molecule has 1 aromatic carbocycles. The molecule has 0 radical (unpaired) electrons. The summed E-state index contributed by atoms with van der Waals surface area (Å²) in [6.45, 7) is 2.17. The van der Waals surface area contributed by atoms with Gasteiger partial charge in [0.25, 0.3) is 5.91 Å². The van der Waals surface area contributed by atoms with Gasteiger partial charge in [0, 0.05) is 25.3 Å². The average Bonchev–Trinajstić information content (AvgIpc) is 2.85. The van der Waals surface area contributed by atoms with Crippen molar-refractivity contribution in [3.05, 3.63) is 57.2 Å². The fraction of sp³-hybridized carbons (Fsp3) is 0.500. The molecule has 0 bridgehead atoms. The van der Waals surface area contributed by atoms with E-state index in [-0.39, 0.29) is 28.6 Å². The number of nitrogens with zero attached hydrogens (tertiary/aromatic N) is 2. The Labute approximate surface area is 220 Å². The molecule has 1 saturated heterocycles. The molecule has 2 aliphatic rings. The number of likely N-dealkylation sites (tertiary alicyclic amines) is 1. The van der Waals surface area contributed by atoms with Crippen LogP contribution in [-0.2, 0) is 17.6 Å². The van der Waals surface area contributed by atoms with E-state index in [1.807, 2.05) is 11.0 Å². The molecule has 36 heavy (non-hydrogen) atoms. The number of carbonyl (C=O) groups is 2. The number of aliphatic carboxylic acids is 1. The van der Waals surface area contributed by atoms with E-state index in [2.05, 4.69) is 21.7 Å². The van der Waals surface area contributed by atoms with Gasteiger partial charge in [0.2, 0.25) is 0 Å². The second kappa shape index (κ2) is 11.8. The molecule has 2 atom stereocenters. The first-order chi connectivity index (χ1) is 17.2. The van der Waals surface area contributed by atoms with Crippen LogP contribution < -0.4 is 10.6 Å². The Morgan fingerprint density at radius 1 is 1.22 bits per heavy atom. The quantitative estimate of drug-likeness (QED) is 0.427. The van der Waals surface area contributed by atoms with Crippen LogP contribution in [0.5, 0.6) is 0 Å². The van der Waals surface area contributed by atoms with Gasteiger partial charge in [-0.05, 0) is 75.3 Å². The zero-order valence-corrected chi connectivity index (χ0v) is 21.5. The summed E-state index contributed by atoms with van der Waals surface area (Å²) in [6, 6.07) is 7.56. The molecule has 2 aromatic rings. The molecule has 0 aliphatic carbocycles. The molecule has 1 unspecified atom stereocenters. The maximum atomic E-state index is 15.8. The fourth-order valence-corrected chi connectivity index (χ4v) is 5.52. The van der Waals surface area contributed by atoms with Crippen molar-refractivity contribution < 1.29 is 19.1 Å². The van der Waals surface area contributed by atoms with Crippen molar-refractivity contribution in [2.24, 2.45) is 0 Å². The molecule has 4 rings (SSSR count). The SMILES string of the molecule is O=C(NC(CCN1CCC[C@@](F)(CCc2ccc3c(n2)NCCC3)C1)C(=O)O)c1c(Cl)cccc1Cl. The fourth-order valence-electron chi connectivity index (χ4n) is 4.95. The lowest BCUT2D eigenvalue weighted by molar-refractivity contribution is -0.139. The Bertz CT molecular complexity index is 1100. The lowest BCUT2D eigenvalue weighted by Gasteiger charge is -2.38. The molecule has 194 valence electrons. The maximum absolute atomic E-state index is 15.8. The van der Waals surface area contributed by atoms with Crippen molar-refractivity contribution >= 4 is 40.9 Å². The van der Waals surface area contributed by atoms with Crippen molar-refractivity contribution in [2.75, 3.05) is 31.5 Å². The lowest BCUT2D eigenvalue weighted by Crippen LogP contribution is -2.48. The number of aryl methyl sites for hydroxylation is 2. The average molecular weight is 537 g/mol. The molecule has 1 amide bonds. The van der Waals surface area contributed by atoms with Crippen LogP contribution in [0.2, 0.25) is 10.0 Å². The number of halogens is 3. The minimum atomic E-state index is -1.36. The van der Waals surface area contributed by atoms with Gasteiger partial charge in [-0.25, -0.2) is 14.2 Å². The summed E-state index contributed by atoms with van der Waals surface area (Å²) >= 11 is 12.2. The number of alkyl halides is 1. The van der Waals surface area contributed by atoms with Crippen LogP contribution in [0.3, 0.4) is 0 Å². The Kier molecular flexibility index (Phi) is 8.70. The smallest absolute Gasteiger partial charge is 0.326 e. The number of carbonyl (C=O) groups excluding carboxylic acids is 1. The molecule has 1 aromatic heterocycles. The van der Waals surface area contributed by atoms with E-state index in [1.54, 1.807) is 6.07 Å². The second-order valence-electron chi connectivity index (χ2n) is 9.62. The van der Waals surface area contributed by atoms with E-state index in [9.17, 15) is 14.7 Å². The standard InChI is InChI=1S/C26H31Cl2FN4O3/c27-19-5-1-6-20(28)22(19)24(34)32-21(25(35)36)10-15-33-14-3-11-26(29,16-33)12-9-18-8-7-17-4-2-13-30-23(17)31-18/h1,5-8,21H,2-4,9-16H2,(H,30,31)(H,32,34)(H,35,36)/t21?,26-/m1/s1. The summed E-state index contributed by atoms with van der Waals surface area (Å²) in [6.07, 6.45) is 4.31. The highest BCUT2D eigenvalue weighted by atomic mass is 35.5. The van der Waals surface area contributed by atoms with E-state index < -0.39 is 23.6 Å². The van der Waals surface area contributed by atoms with Crippen molar-refractivity contribution in [1.82, 2.24) is 15.2 Å². The Balaban J connectivity index is 1.31. The number of fused-ring (bicyclic) bond motifs is 1. The predicted molar refractivity (Wildman–Crippen MR) is 139 cm³/mol. The van der Waals surface area contributed by atoms with Crippen molar-refractivity contribution in [3.63, 3.8) is 0 Å². The third kappa shape index (κ3) is 6.66. The number of aromatic nitrogens is 1. The molecule has 3 heterocycles. The molecular formula is C26H31Cl2FN4O3. The van der Waals surface area contributed by atoms with Crippen LogP contribution in [0.4, 0.5) is 10.2 Å². The van der Waals surface area contributed by atoms with E-state index in [1.165, 1.54) is 17.7 Å². The summed E-state index contributed by atoms with van der Waals surface area (Å²) in [4.78, 5) is 31.1. The number of rotatable bonds is 9. The summed E-state index contributed by atoms with van der Waals surface area (Å²) in [7, 11) is 0. The summed E-state index contributed by atoms with van der Waals surface area (Å²) in [5.74, 6) is -0.901.